The number of anilines is 1. The molecule has 1 aromatic heterocycles. The molecule has 154 valence electrons. The number of hydrogen-bond donors (Lipinski definition) is 1. The summed E-state index contributed by atoms with van der Waals surface area (Å²) in [7, 11) is 2.02. The molecule has 0 fully saturated rings. The monoisotopic (exact) mass is 403 g/mol. The third-order valence-electron chi connectivity index (χ3n) is 5.43. The highest BCUT2D eigenvalue weighted by atomic mass is 16.5. The largest absolute Gasteiger partial charge is 0.452 e. The summed E-state index contributed by atoms with van der Waals surface area (Å²) in [6.07, 6.45) is 0.782. The first-order valence-corrected chi connectivity index (χ1v) is 10.1. The molecule has 2 heterocycles. The van der Waals surface area contributed by atoms with Crippen molar-refractivity contribution in [2.45, 2.75) is 26.8 Å². The highest BCUT2D eigenvalue weighted by Crippen LogP contribution is 2.28. The summed E-state index contributed by atoms with van der Waals surface area (Å²) in [4.78, 5) is 32.3. The average molecular weight is 403 g/mol. The fourth-order valence-electron chi connectivity index (χ4n) is 3.90. The lowest BCUT2D eigenvalue weighted by Crippen LogP contribution is -2.30. The van der Waals surface area contributed by atoms with Crippen molar-refractivity contribution in [3.05, 3.63) is 70.4 Å². The van der Waals surface area contributed by atoms with Gasteiger partial charge in [0, 0.05) is 41.8 Å². The number of esters is 1. The topological polar surface area (TPSA) is 71.5 Å². The molecule has 2 aromatic carbocycles. The molecule has 6 heteroatoms. The summed E-state index contributed by atoms with van der Waals surface area (Å²) < 4.78 is 5.44. The number of nitrogens with zero attached hydrogens (tertiary/aromatic N) is 2. The minimum Gasteiger partial charge on any atom is -0.452 e. The lowest BCUT2D eigenvalue weighted by Gasteiger charge is -2.26. The van der Waals surface area contributed by atoms with E-state index in [2.05, 4.69) is 10.2 Å². The number of para-hydroxylation sites is 1. The van der Waals surface area contributed by atoms with Crippen LogP contribution >= 0.6 is 0 Å². The predicted molar refractivity (Wildman–Crippen MR) is 117 cm³/mol. The van der Waals surface area contributed by atoms with Crippen LogP contribution in [0.1, 0.15) is 32.7 Å². The Labute approximate surface area is 175 Å². The Kier molecular flexibility index (Phi) is 5.50. The van der Waals surface area contributed by atoms with Gasteiger partial charge >= 0.3 is 5.97 Å². The Bertz CT molecular complexity index is 1140. The number of hydrogen-bond acceptors (Lipinski definition) is 5. The molecule has 0 unspecified atom stereocenters. The van der Waals surface area contributed by atoms with Crippen LogP contribution in [0.4, 0.5) is 5.69 Å². The van der Waals surface area contributed by atoms with Gasteiger partial charge in [0.25, 0.3) is 5.91 Å². The van der Waals surface area contributed by atoms with Gasteiger partial charge in [-0.2, -0.15) is 0 Å². The van der Waals surface area contributed by atoms with Gasteiger partial charge in [-0.1, -0.05) is 35.9 Å². The van der Waals surface area contributed by atoms with Gasteiger partial charge in [-0.3, -0.25) is 9.78 Å². The number of likely N-dealkylation sites (N-methyl/N-ethyl adjacent to an activating group) is 1. The van der Waals surface area contributed by atoms with Crippen LogP contribution in [0.3, 0.4) is 0 Å². The molecule has 0 atom stereocenters. The molecule has 1 amide bonds. The van der Waals surface area contributed by atoms with Crippen molar-refractivity contribution in [2.24, 2.45) is 0 Å². The van der Waals surface area contributed by atoms with Crippen LogP contribution in [-0.2, 0) is 22.5 Å². The summed E-state index contributed by atoms with van der Waals surface area (Å²) in [5, 5.41) is 3.57. The van der Waals surface area contributed by atoms with Crippen LogP contribution in [0, 0.1) is 13.8 Å². The zero-order chi connectivity index (χ0) is 21.3. The Morgan fingerprint density at radius 3 is 2.77 bits per heavy atom. The third kappa shape index (κ3) is 4.04. The molecule has 4 rings (SSSR count). The SMILES string of the molecule is Cc1ccc(NC(=O)COC(=O)c2c3c(nc4ccccc24)CCN(C)C3)c(C)c1. The van der Waals surface area contributed by atoms with Gasteiger partial charge in [-0.25, -0.2) is 4.79 Å². The molecule has 30 heavy (non-hydrogen) atoms. The number of nitrogens with one attached hydrogen (secondary N) is 1. The quantitative estimate of drug-likeness (QED) is 0.674. The van der Waals surface area contributed by atoms with E-state index in [1.54, 1.807) is 0 Å². The van der Waals surface area contributed by atoms with Crippen LogP contribution in [0.5, 0.6) is 0 Å². The van der Waals surface area contributed by atoms with Crippen molar-refractivity contribution < 1.29 is 14.3 Å². The predicted octanol–water partition coefficient (Wildman–Crippen LogP) is 3.64. The molecule has 1 aliphatic heterocycles. The second-order valence-corrected chi connectivity index (χ2v) is 7.86. The number of carbonyl (C=O) groups is 2. The molecule has 0 bridgehead atoms. The van der Waals surface area contributed by atoms with E-state index < -0.39 is 5.97 Å². The van der Waals surface area contributed by atoms with Crippen molar-refractivity contribution in [3.63, 3.8) is 0 Å². The lowest BCUT2D eigenvalue weighted by molar-refractivity contribution is -0.119. The molecule has 0 radical (unpaired) electrons. The number of aromatic nitrogens is 1. The van der Waals surface area contributed by atoms with Crippen LogP contribution in [-0.4, -0.2) is 42.0 Å². The van der Waals surface area contributed by atoms with Gasteiger partial charge in [-0.05, 0) is 38.6 Å². The Hall–Kier alpha value is -3.25. The smallest absolute Gasteiger partial charge is 0.339 e. The molecule has 0 saturated carbocycles. The second kappa shape index (κ2) is 8.24. The zero-order valence-electron chi connectivity index (χ0n) is 17.5. The van der Waals surface area contributed by atoms with E-state index in [0.717, 1.165) is 51.9 Å². The van der Waals surface area contributed by atoms with Gasteiger partial charge in [0.2, 0.25) is 0 Å². The van der Waals surface area contributed by atoms with Crippen LogP contribution in [0.15, 0.2) is 42.5 Å². The summed E-state index contributed by atoms with van der Waals surface area (Å²) in [6, 6.07) is 13.3. The van der Waals surface area contributed by atoms with Crippen molar-refractivity contribution in [1.29, 1.82) is 0 Å². The maximum Gasteiger partial charge on any atom is 0.339 e. The summed E-state index contributed by atoms with van der Waals surface area (Å²) in [5.41, 5.74) is 5.91. The van der Waals surface area contributed by atoms with Crippen LogP contribution < -0.4 is 5.32 Å². The van der Waals surface area contributed by atoms with Crippen molar-refractivity contribution in [3.8, 4) is 0 Å². The van der Waals surface area contributed by atoms with Gasteiger partial charge in [-0.15, -0.1) is 0 Å². The molecular weight excluding hydrogens is 378 g/mol. The average Bonchev–Trinajstić information content (AvgIpc) is 2.72. The van der Waals surface area contributed by atoms with E-state index in [4.69, 9.17) is 9.72 Å². The molecule has 3 aromatic rings. The fraction of sp³-hybridized carbons (Fsp3) is 0.292. The van der Waals surface area contributed by atoms with Crippen LogP contribution in [0.2, 0.25) is 0 Å². The fourth-order valence-corrected chi connectivity index (χ4v) is 3.90. The molecule has 0 saturated heterocycles. The van der Waals surface area contributed by atoms with Gasteiger partial charge in [0.1, 0.15) is 0 Å². The summed E-state index contributed by atoms with van der Waals surface area (Å²) in [5.74, 6) is -0.851. The number of carbonyl (C=O) groups excluding carboxylic acids is 2. The number of benzene rings is 2. The Balaban J connectivity index is 1.56. The first-order valence-electron chi connectivity index (χ1n) is 10.1. The van der Waals surface area contributed by atoms with E-state index in [1.165, 1.54) is 0 Å². The highest BCUT2D eigenvalue weighted by molar-refractivity contribution is 6.06. The van der Waals surface area contributed by atoms with E-state index >= 15 is 0 Å². The zero-order valence-corrected chi connectivity index (χ0v) is 17.5. The van der Waals surface area contributed by atoms with E-state index in [1.807, 2.05) is 63.4 Å². The number of pyridine rings is 1. The standard InChI is InChI=1S/C24H25N3O3/c1-15-8-9-19(16(2)12-15)26-22(28)14-30-24(29)23-17-6-4-5-7-20(17)25-21-10-11-27(3)13-18(21)23/h4-9,12H,10-11,13-14H2,1-3H3,(H,26,28). The maximum atomic E-state index is 13.1. The van der Waals surface area contributed by atoms with Gasteiger partial charge in [0.05, 0.1) is 11.1 Å². The Morgan fingerprint density at radius 1 is 1.17 bits per heavy atom. The van der Waals surface area contributed by atoms with E-state index in [9.17, 15) is 9.59 Å². The number of aryl methyl sites for hydroxylation is 2. The van der Waals surface area contributed by atoms with Crippen molar-refractivity contribution >= 4 is 28.5 Å². The Morgan fingerprint density at radius 2 is 1.97 bits per heavy atom. The van der Waals surface area contributed by atoms with Gasteiger partial charge in [0.15, 0.2) is 6.61 Å². The second-order valence-electron chi connectivity index (χ2n) is 7.86. The molecule has 0 aliphatic carbocycles. The molecule has 6 nitrogen and oxygen atoms in total. The molecule has 0 spiro atoms. The number of ether oxygens (including phenoxy) is 1. The van der Waals surface area contributed by atoms with Crippen LogP contribution in [0.25, 0.3) is 10.9 Å². The molecule has 1 N–H and O–H groups in total. The van der Waals surface area contributed by atoms with E-state index in [0.29, 0.717) is 12.1 Å². The third-order valence-corrected chi connectivity index (χ3v) is 5.43. The number of fused-ring (bicyclic) bond motifs is 2. The lowest BCUT2D eigenvalue weighted by atomic mass is 9.96. The minimum absolute atomic E-state index is 0.340. The van der Waals surface area contributed by atoms with E-state index in [-0.39, 0.29) is 12.5 Å². The highest BCUT2D eigenvalue weighted by Gasteiger charge is 2.25. The maximum absolute atomic E-state index is 13.1. The van der Waals surface area contributed by atoms with Crippen molar-refractivity contribution in [1.82, 2.24) is 9.88 Å². The van der Waals surface area contributed by atoms with Crippen molar-refractivity contribution in [2.75, 3.05) is 25.5 Å². The number of amides is 1. The summed E-state index contributed by atoms with van der Waals surface area (Å²) >= 11 is 0. The van der Waals surface area contributed by atoms with Gasteiger partial charge < -0.3 is 15.0 Å². The normalized spacial score (nSPS) is 13.7. The number of rotatable bonds is 4. The molecular formula is C24H25N3O3. The summed E-state index contributed by atoms with van der Waals surface area (Å²) in [6.45, 7) is 5.11. The molecule has 1 aliphatic rings. The first-order chi connectivity index (χ1) is 14.4. The minimum atomic E-state index is -0.490. The first kappa shape index (κ1) is 20.0.